The molecule has 3 nitrogen and oxygen atoms in total. The van der Waals surface area contributed by atoms with Crippen LogP contribution in [0.5, 0.6) is 0 Å². The molecule has 26 heavy (non-hydrogen) atoms. The molecule has 2 saturated heterocycles. The average Bonchev–Trinajstić information content (AvgIpc) is 3.17. The first kappa shape index (κ1) is 19.2. The van der Waals surface area contributed by atoms with Gasteiger partial charge in [-0.3, -0.25) is 4.79 Å². The first-order valence-electron chi connectivity index (χ1n) is 8.58. The van der Waals surface area contributed by atoms with Gasteiger partial charge in [0.2, 0.25) is 0 Å². The minimum Gasteiger partial charge on any atom is -0.331 e. The van der Waals surface area contributed by atoms with E-state index in [1.807, 2.05) is 24.0 Å². The topological polar surface area (TPSA) is 32.3 Å². The lowest BCUT2D eigenvalue weighted by Crippen LogP contribution is -2.35. The predicted octanol–water partition coefficient (Wildman–Crippen LogP) is 4.24. The van der Waals surface area contributed by atoms with Crippen molar-refractivity contribution in [3.8, 4) is 0 Å². The summed E-state index contributed by atoms with van der Waals surface area (Å²) in [5.41, 5.74) is 2.29. The van der Waals surface area contributed by atoms with Crippen LogP contribution in [0, 0.1) is 24.6 Å². The summed E-state index contributed by atoms with van der Waals surface area (Å²) in [7, 11) is 0. The molecule has 1 amide bonds. The molecule has 2 aliphatic heterocycles. The highest BCUT2D eigenvalue weighted by Crippen LogP contribution is 2.43. The molecule has 0 bridgehead atoms. The van der Waals surface area contributed by atoms with Crippen LogP contribution in [0.4, 0.5) is 4.39 Å². The Kier molecular flexibility index (Phi) is 5.56. The Morgan fingerprint density at radius 2 is 2.00 bits per heavy atom. The van der Waals surface area contributed by atoms with Crippen LogP contribution in [0.1, 0.15) is 27.5 Å². The van der Waals surface area contributed by atoms with Crippen molar-refractivity contribution in [2.75, 3.05) is 19.6 Å². The second-order valence-electron chi connectivity index (χ2n) is 6.95. The van der Waals surface area contributed by atoms with Crippen LogP contribution in [0.2, 0.25) is 5.02 Å². The van der Waals surface area contributed by atoms with Gasteiger partial charge in [0.25, 0.3) is 5.91 Å². The molecular formula is C20H21Cl2FN2O. The number of hydrogen-bond donors (Lipinski definition) is 1. The van der Waals surface area contributed by atoms with Gasteiger partial charge in [-0.15, -0.1) is 12.4 Å². The highest BCUT2D eigenvalue weighted by molar-refractivity contribution is 6.31. The number of likely N-dealkylation sites (tertiary alicyclic amines) is 1. The van der Waals surface area contributed by atoms with Crippen molar-refractivity contribution in [3.05, 3.63) is 70.0 Å². The Hall–Kier alpha value is -1.62. The number of carbonyl (C=O) groups excluding carboxylic acids is 1. The number of benzene rings is 2. The number of halogens is 3. The van der Waals surface area contributed by atoms with Crippen molar-refractivity contribution in [3.63, 3.8) is 0 Å². The van der Waals surface area contributed by atoms with Gasteiger partial charge in [-0.25, -0.2) is 4.39 Å². The zero-order valence-electron chi connectivity index (χ0n) is 14.4. The molecule has 4 rings (SSSR count). The number of hydrogen-bond acceptors (Lipinski definition) is 2. The summed E-state index contributed by atoms with van der Waals surface area (Å²) < 4.78 is 13.8. The van der Waals surface area contributed by atoms with E-state index in [2.05, 4.69) is 5.32 Å². The molecule has 1 N–H and O–H groups in total. The van der Waals surface area contributed by atoms with Gasteiger partial charge in [0.05, 0.1) is 6.04 Å². The van der Waals surface area contributed by atoms with E-state index >= 15 is 0 Å². The van der Waals surface area contributed by atoms with Crippen molar-refractivity contribution in [1.82, 2.24) is 10.2 Å². The molecule has 3 atom stereocenters. The summed E-state index contributed by atoms with van der Waals surface area (Å²) in [5.74, 6) is 0.420. The average molecular weight is 395 g/mol. The highest BCUT2D eigenvalue weighted by Gasteiger charge is 2.47. The van der Waals surface area contributed by atoms with E-state index in [0.29, 0.717) is 29.0 Å². The fraction of sp³-hybridized carbons (Fsp3) is 0.350. The van der Waals surface area contributed by atoms with E-state index in [9.17, 15) is 9.18 Å². The summed E-state index contributed by atoms with van der Waals surface area (Å²) in [6.45, 7) is 4.30. The molecule has 2 fully saturated rings. The molecule has 0 radical (unpaired) electrons. The molecule has 138 valence electrons. The molecule has 0 aliphatic carbocycles. The predicted molar refractivity (Wildman–Crippen MR) is 103 cm³/mol. The van der Waals surface area contributed by atoms with Crippen molar-refractivity contribution >= 4 is 29.9 Å². The molecule has 2 aromatic rings. The maximum Gasteiger partial charge on any atom is 0.254 e. The number of rotatable bonds is 2. The van der Waals surface area contributed by atoms with Gasteiger partial charge in [0.15, 0.2) is 0 Å². The smallest absolute Gasteiger partial charge is 0.254 e. The number of fused-ring (bicyclic) bond motifs is 1. The third-order valence-electron chi connectivity index (χ3n) is 5.51. The van der Waals surface area contributed by atoms with E-state index in [4.69, 9.17) is 11.6 Å². The van der Waals surface area contributed by atoms with Crippen LogP contribution in [-0.2, 0) is 0 Å². The zero-order valence-corrected chi connectivity index (χ0v) is 16.0. The summed E-state index contributed by atoms with van der Waals surface area (Å²) in [5, 5.41) is 4.00. The third-order valence-corrected chi connectivity index (χ3v) is 5.92. The third kappa shape index (κ3) is 3.22. The summed E-state index contributed by atoms with van der Waals surface area (Å²) in [6.07, 6.45) is 0. The quantitative estimate of drug-likeness (QED) is 0.825. The Balaban J connectivity index is 0.00000196. The maximum absolute atomic E-state index is 13.8. The highest BCUT2D eigenvalue weighted by atomic mass is 35.5. The zero-order chi connectivity index (χ0) is 17.6. The second kappa shape index (κ2) is 7.55. The first-order chi connectivity index (χ1) is 12.1. The Bertz CT molecular complexity index is 829. The molecule has 0 aromatic heterocycles. The van der Waals surface area contributed by atoms with Crippen LogP contribution < -0.4 is 5.32 Å². The lowest BCUT2D eigenvalue weighted by molar-refractivity contribution is 0.0713. The molecule has 0 unspecified atom stereocenters. The Morgan fingerprint density at radius 3 is 2.77 bits per heavy atom. The maximum atomic E-state index is 13.8. The monoisotopic (exact) mass is 394 g/mol. The van der Waals surface area contributed by atoms with Crippen molar-refractivity contribution in [2.45, 2.75) is 13.0 Å². The van der Waals surface area contributed by atoms with Crippen LogP contribution in [0.15, 0.2) is 42.5 Å². The van der Waals surface area contributed by atoms with E-state index < -0.39 is 0 Å². The normalized spacial score (nSPS) is 24.3. The fourth-order valence-electron chi connectivity index (χ4n) is 4.24. The van der Waals surface area contributed by atoms with Gasteiger partial charge in [-0.1, -0.05) is 29.8 Å². The number of nitrogens with one attached hydrogen (secondary N) is 1. The standard InChI is InChI=1S/C20H20ClFN2O.ClH/c1-12-16(6-3-7-18(12)21)20(25)24-11-14-9-23-10-17(14)19(24)13-4-2-5-15(22)8-13;/h2-8,14,17,19,23H,9-11H2,1H3;1H/t14-,17-,19+;/m0./s1. The van der Waals surface area contributed by atoms with Crippen LogP contribution >= 0.6 is 24.0 Å². The number of nitrogens with zero attached hydrogens (tertiary/aromatic N) is 1. The second-order valence-corrected chi connectivity index (χ2v) is 7.36. The van der Waals surface area contributed by atoms with Gasteiger partial charge in [0, 0.05) is 36.1 Å². The molecule has 2 heterocycles. The van der Waals surface area contributed by atoms with Gasteiger partial charge in [-0.05, 0) is 48.2 Å². The van der Waals surface area contributed by atoms with Gasteiger partial charge < -0.3 is 10.2 Å². The van der Waals surface area contributed by atoms with Crippen LogP contribution in [0.3, 0.4) is 0 Å². The summed E-state index contributed by atoms with van der Waals surface area (Å²) in [6, 6.07) is 11.9. The van der Waals surface area contributed by atoms with Gasteiger partial charge in [-0.2, -0.15) is 0 Å². The molecule has 0 spiro atoms. The van der Waals surface area contributed by atoms with Crippen molar-refractivity contribution < 1.29 is 9.18 Å². The van der Waals surface area contributed by atoms with Crippen LogP contribution in [-0.4, -0.2) is 30.4 Å². The number of amides is 1. The van der Waals surface area contributed by atoms with Gasteiger partial charge >= 0.3 is 0 Å². The largest absolute Gasteiger partial charge is 0.331 e. The molecule has 2 aromatic carbocycles. The van der Waals surface area contributed by atoms with Crippen LogP contribution in [0.25, 0.3) is 0 Å². The Labute approximate surface area is 163 Å². The summed E-state index contributed by atoms with van der Waals surface area (Å²) >= 11 is 6.20. The molecule has 0 saturated carbocycles. The van der Waals surface area contributed by atoms with E-state index in [1.165, 1.54) is 6.07 Å². The molecular weight excluding hydrogens is 374 g/mol. The minimum atomic E-state index is -0.266. The SMILES string of the molecule is Cc1c(Cl)cccc1C(=O)N1C[C@@H]2CNC[C@@H]2[C@H]1c1cccc(F)c1.Cl. The van der Waals surface area contributed by atoms with Crippen molar-refractivity contribution in [1.29, 1.82) is 0 Å². The van der Waals surface area contributed by atoms with Crippen molar-refractivity contribution in [2.24, 2.45) is 11.8 Å². The molecule has 2 aliphatic rings. The molecule has 6 heteroatoms. The lowest BCUT2D eigenvalue weighted by atomic mass is 9.89. The van der Waals surface area contributed by atoms with E-state index in [0.717, 1.165) is 24.2 Å². The number of carbonyl (C=O) groups is 1. The first-order valence-corrected chi connectivity index (χ1v) is 8.96. The lowest BCUT2D eigenvalue weighted by Gasteiger charge is -2.29. The minimum absolute atomic E-state index is 0. The summed E-state index contributed by atoms with van der Waals surface area (Å²) in [4.78, 5) is 15.2. The fourth-order valence-corrected chi connectivity index (χ4v) is 4.42. The van der Waals surface area contributed by atoms with E-state index in [-0.39, 0.29) is 30.2 Å². The van der Waals surface area contributed by atoms with E-state index in [1.54, 1.807) is 24.3 Å². The van der Waals surface area contributed by atoms with Gasteiger partial charge in [0.1, 0.15) is 5.82 Å². The Morgan fingerprint density at radius 1 is 1.23 bits per heavy atom.